The Morgan fingerprint density at radius 2 is 1.65 bits per heavy atom. The van der Waals surface area contributed by atoms with E-state index in [1.807, 2.05) is 31.2 Å². The number of hydrogen-bond donors (Lipinski definition) is 1. The van der Waals surface area contributed by atoms with Crippen molar-refractivity contribution in [2.45, 2.75) is 18.2 Å². The van der Waals surface area contributed by atoms with Gasteiger partial charge in [0.05, 0.1) is 16.8 Å². The van der Waals surface area contributed by atoms with Crippen LogP contribution >= 0.6 is 7.60 Å². The summed E-state index contributed by atoms with van der Waals surface area (Å²) in [7, 11) is -3.75. The molecule has 0 bridgehead atoms. The number of rotatable bonds is 10. The van der Waals surface area contributed by atoms with Crippen molar-refractivity contribution in [1.29, 1.82) is 0 Å². The van der Waals surface area contributed by atoms with Gasteiger partial charge in [0.25, 0.3) is 0 Å². The van der Waals surface area contributed by atoms with Crippen LogP contribution in [-0.2, 0) is 29.9 Å². The highest BCUT2D eigenvalue weighted by atomic mass is 32.2. The number of aromatic nitrogens is 2. The Balaban J connectivity index is 1.82. The summed E-state index contributed by atoms with van der Waals surface area (Å²) in [6.45, 7) is 1.98. The summed E-state index contributed by atoms with van der Waals surface area (Å²) >= 11 is 0. The van der Waals surface area contributed by atoms with Gasteiger partial charge >= 0.3 is 7.60 Å². The third-order valence-electron chi connectivity index (χ3n) is 5.15. The molecule has 3 aromatic rings. The Morgan fingerprint density at radius 3 is 2.21 bits per heavy atom. The number of nitrogens with one attached hydrogen (secondary N) is 1. The van der Waals surface area contributed by atoms with Crippen molar-refractivity contribution in [2.24, 2.45) is 0 Å². The molecule has 0 radical (unpaired) electrons. The maximum absolute atomic E-state index is 13.0. The third kappa shape index (κ3) is 5.95. The number of hydrogen-bond acceptors (Lipinski definition) is 9. The van der Waals surface area contributed by atoms with E-state index in [0.717, 1.165) is 25.3 Å². The van der Waals surface area contributed by atoms with Crippen molar-refractivity contribution in [3.8, 4) is 11.3 Å². The van der Waals surface area contributed by atoms with Crippen LogP contribution in [0.3, 0.4) is 0 Å². The lowest BCUT2D eigenvalue weighted by Gasteiger charge is -2.14. The van der Waals surface area contributed by atoms with Gasteiger partial charge in [0.1, 0.15) is 5.69 Å². The average molecular weight is 504 g/mol. The van der Waals surface area contributed by atoms with Gasteiger partial charge in [0.2, 0.25) is 0 Å². The maximum atomic E-state index is 13.0. The van der Waals surface area contributed by atoms with Crippen LogP contribution in [-0.4, -0.2) is 50.9 Å². The number of nitrogens with zero attached hydrogens (tertiary/aromatic N) is 2. The van der Waals surface area contributed by atoms with E-state index >= 15 is 0 Å². The number of carbonyl (C=O) groups excluding carboxylic acids is 1. The lowest BCUT2D eigenvalue weighted by atomic mass is 10.1. The summed E-state index contributed by atoms with van der Waals surface area (Å²) in [5.74, 6) is 0.0830. The Bertz CT molecular complexity index is 1320. The molecule has 0 unspecified atom stereocenters. The molecular weight excluding hydrogens is 477 g/mol. The highest BCUT2D eigenvalue weighted by molar-refractivity contribution is 7.97. The Morgan fingerprint density at radius 1 is 1.03 bits per heavy atom. The van der Waals surface area contributed by atoms with Crippen LogP contribution < -0.4 is 5.32 Å². The fourth-order valence-corrected chi connectivity index (χ4v) is 6.98. The molecule has 0 aliphatic rings. The zero-order chi connectivity index (χ0) is 24.9. The monoisotopic (exact) mass is 503 g/mol. The maximum Gasteiger partial charge on any atom is 0.345 e. The molecule has 1 heterocycles. The summed E-state index contributed by atoms with van der Waals surface area (Å²) in [6, 6.07) is 13.5. The molecule has 180 valence electrons. The summed E-state index contributed by atoms with van der Waals surface area (Å²) in [5.41, 5.74) is 2.53. The van der Waals surface area contributed by atoms with Crippen LogP contribution in [0.4, 0.5) is 5.82 Å². The van der Waals surface area contributed by atoms with Crippen LogP contribution in [0, 0.1) is 6.92 Å². The highest BCUT2D eigenvalue weighted by Crippen LogP contribution is 2.48. The lowest BCUT2D eigenvalue weighted by molar-refractivity contribution is 0.0989. The fraction of sp³-hybridized carbons (Fsp3) is 0.261. The number of ketones is 1. The predicted molar refractivity (Wildman–Crippen MR) is 130 cm³/mol. The van der Waals surface area contributed by atoms with Crippen molar-refractivity contribution >= 4 is 29.0 Å². The number of benzene rings is 2. The Labute approximate surface area is 199 Å². The van der Waals surface area contributed by atoms with E-state index in [0.29, 0.717) is 17.1 Å². The fourth-order valence-electron chi connectivity index (χ4n) is 3.18. The Kier molecular flexibility index (Phi) is 7.99. The van der Waals surface area contributed by atoms with Gasteiger partial charge in [-0.25, -0.2) is 18.4 Å². The molecule has 34 heavy (non-hydrogen) atoms. The van der Waals surface area contributed by atoms with Gasteiger partial charge in [0.15, 0.2) is 26.9 Å². The standard InChI is InChI=1S/C23H26N3O6PS/c1-16-5-9-18(10-6-16)20-14-25-23(24-2)22(26-20)21(27)13-17-7-11-19(12-8-17)34(29,30)15-33(28,31-3)32-4/h5-12,14H,13,15H2,1-4H3,(H,24,25). The molecule has 0 fully saturated rings. The molecule has 0 spiro atoms. The van der Waals surface area contributed by atoms with Crippen molar-refractivity contribution in [3.63, 3.8) is 0 Å². The van der Waals surface area contributed by atoms with E-state index < -0.39 is 22.9 Å². The van der Waals surface area contributed by atoms with Gasteiger partial charge in [-0.15, -0.1) is 0 Å². The van der Waals surface area contributed by atoms with E-state index in [4.69, 9.17) is 9.05 Å². The molecule has 9 nitrogen and oxygen atoms in total. The summed E-state index contributed by atoms with van der Waals surface area (Å²) in [4.78, 5) is 21.9. The van der Waals surface area contributed by atoms with E-state index in [1.54, 1.807) is 13.2 Å². The minimum Gasteiger partial charge on any atom is -0.371 e. The van der Waals surface area contributed by atoms with Gasteiger partial charge in [-0.3, -0.25) is 9.36 Å². The molecule has 0 saturated heterocycles. The van der Waals surface area contributed by atoms with Crippen LogP contribution in [0.1, 0.15) is 21.6 Å². The second kappa shape index (κ2) is 10.6. The second-order valence-corrected chi connectivity index (χ2v) is 12.2. The number of sulfone groups is 1. The van der Waals surface area contributed by atoms with Crippen LogP contribution in [0.5, 0.6) is 0 Å². The SMILES string of the molecule is CNc1ncc(-c2ccc(C)cc2)nc1C(=O)Cc1ccc(S(=O)(=O)CP(=O)(OC)OC)cc1. The molecule has 11 heteroatoms. The summed E-state index contributed by atoms with van der Waals surface area (Å²) < 4.78 is 46.8. The van der Waals surface area contributed by atoms with Crippen molar-refractivity contribution in [2.75, 3.05) is 32.1 Å². The first kappa shape index (κ1) is 25.7. The van der Waals surface area contributed by atoms with Crippen LogP contribution in [0.2, 0.25) is 0 Å². The van der Waals surface area contributed by atoms with Crippen LogP contribution in [0.15, 0.2) is 59.6 Å². The number of aryl methyl sites for hydroxylation is 1. The van der Waals surface area contributed by atoms with E-state index in [2.05, 4.69) is 15.3 Å². The second-order valence-electron chi connectivity index (χ2n) is 7.53. The molecule has 1 aromatic heterocycles. The Hall–Kier alpha value is -2.91. The highest BCUT2D eigenvalue weighted by Gasteiger charge is 2.31. The molecule has 0 aliphatic carbocycles. The van der Waals surface area contributed by atoms with E-state index in [1.165, 1.54) is 24.3 Å². The molecule has 1 N–H and O–H groups in total. The summed E-state index contributed by atoms with van der Waals surface area (Å²) in [5, 5.41) is 2.89. The molecule has 0 saturated carbocycles. The molecule has 2 aromatic carbocycles. The smallest absolute Gasteiger partial charge is 0.345 e. The number of carbonyl (C=O) groups is 1. The molecular formula is C23H26N3O6PS. The minimum atomic E-state index is -3.92. The first-order chi connectivity index (χ1) is 16.1. The topological polar surface area (TPSA) is 125 Å². The average Bonchev–Trinajstić information content (AvgIpc) is 2.84. The zero-order valence-electron chi connectivity index (χ0n) is 19.3. The van der Waals surface area contributed by atoms with Gasteiger partial charge < -0.3 is 14.4 Å². The minimum absolute atomic E-state index is 0.00429. The molecule has 0 atom stereocenters. The van der Waals surface area contributed by atoms with E-state index in [9.17, 15) is 17.8 Å². The van der Waals surface area contributed by atoms with Gasteiger partial charge in [-0.1, -0.05) is 42.0 Å². The zero-order valence-corrected chi connectivity index (χ0v) is 21.0. The molecule has 0 aliphatic heterocycles. The van der Waals surface area contributed by atoms with Crippen molar-refractivity contribution in [1.82, 2.24) is 9.97 Å². The van der Waals surface area contributed by atoms with Gasteiger partial charge in [-0.2, -0.15) is 0 Å². The molecule has 3 rings (SSSR count). The summed E-state index contributed by atoms with van der Waals surface area (Å²) in [6.07, 6.45) is 1.60. The molecule has 0 amide bonds. The number of Topliss-reactive ketones (excluding diaryl/α,β-unsaturated/α-hetero) is 1. The third-order valence-corrected chi connectivity index (χ3v) is 9.88. The quantitative estimate of drug-likeness (QED) is 0.321. The predicted octanol–water partition coefficient (Wildman–Crippen LogP) is 4.14. The van der Waals surface area contributed by atoms with Gasteiger partial charge in [0, 0.05) is 33.3 Å². The number of anilines is 1. The van der Waals surface area contributed by atoms with E-state index in [-0.39, 0.29) is 22.8 Å². The van der Waals surface area contributed by atoms with Crippen molar-refractivity contribution in [3.05, 3.63) is 71.5 Å². The first-order valence-corrected chi connectivity index (χ1v) is 13.7. The first-order valence-electron chi connectivity index (χ1n) is 10.3. The van der Waals surface area contributed by atoms with Crippen LogP contribution in [0.25, 0.3) is 11.3 Å². The van der Waals surface area contributed by atoms with Gasteiger partial charge in [-0.05, 0) is 24.6 Å². The normalized spacial score (nSPS) is 11.9. The van der Waals surface area contributed by atoms with Crippen molar-refractivity contribution < 1.29 is 26.8 Å². The lowest BCUT2D eigenvalue weighted by Crippen LogP contribution is -2.12. The largest absolute Gasteiger partial charge is 0.371 e.